The lowest BCUT2D eigenvalue weighted by molar-refractivity contribution is 0.0833. The molecule has 4 aromatic rings. The number of aromatic amines is 1. The van der Waals surface area contributed by atoms with Crippen molar-refractivity contribution < 1.29 is 9.53 Å². The normalized spacial score (nSPS) is 16.3. The smallest absolute Gasteiger partial charge is 0.291 e. The maximum Gasteiger partial charge on any atom is 0.291 e. The Kier molecular flexibility index (Phi) is 6.42. The molecule has 2 aliphatic heterocycles. The predicted octanol–water partition coefficient (Wildman–Crippen LogP) is 7.73. The monoisotopic (exact) mass is 546 g/mol. The second-order valence-corrected chi connectivity index (χ2v) is 11.1. The molecular weight excluding hydrogens is 519 g/mol. The van der Waals surface area contributed by atoms with Crippen LogP contribution in [0.15, 0.2) is 66.7 Å². The fourth-order valence-corrected chi connectivity index (χ4v) is 5.93. The Labute approximate surface area is 232 Å². The first kappa shape index (κ1) is 25.0. The van der Waals surface area contributed by atoms with Crippen LogP contribution in [-0.2, 0) is 5.60 Å². The lowest BCUT2D eigenvalue weighted by atomic mass is 9.88. The molecule has 0 spiro atoms. The number of aromatic nitrogens is 2. The SMILES string of the molecule is CC1(C)Oc2cc(-c3ccccc3)ccc2-c2n[nH]c(C(=O)N(c3ccc(Cl)cc3Cl)N3CCCCC3)c21. The van der Waals surface area contributed by atoms with Crippen LogP contribution in [0.4, 0.5) is 5.69 Å². The van der Waals surface area contributed by atoms with Gasteiger partial charge in [-0.3, -0.25) is 9.89 Å². The third-order valence-corrected chi connectivity index (χ3v) is 7.77. The number of hydrazine groups is 1. The van der Waals surface area contributed by atoms with Crippen LogP contribution in [0.1, 0.15) is 49.2 Å². The molecule has 6 rings (SSSR count). The van der Waals surface area contributed by atoms with Crippen molar-refractivity contribution in [3.63, 3.8) is 0 Å². The van der Waals surface area contributed by atoms with Gasteiger partial charge in [0.05, 0.1) is 16.3 Å². The van der Waals surface area contributed by atoms with Gasteiger partial charge in [-0.2, -0.15) is 5.10 Å². The van der Waals surface area contributed by atoms with Gasteiger partial charge >= 0.3 is 0 Å². The molecule has 1 amide bonds. The molecule has 38 heavy (non-hydrogen) atoms. The minimum absolute atomic E-state index is 0.231. The highest BCUT2D eigenvalue weighted by Gasteiger charge is 2.41. The highest BCUT2D eigenvalue weighted by molar-refractivity contribution is 6.37. The Balaban J connectivity index is 1.44. The van der Waals surface area contributed by atoms with Gasteiger partial charge in [0.1, 0.15) is 22.7 Å². The predicted molar refractivity (Wildman–Crippen MR) is 152 cm³/mol. The van der Waals surface area contributed by atoms with Crippen LogP contribution >= 0.6 is 23.2 Å². The van der Waals surface area contributed by atoms with Crippen LogP contribution in [0, 0.1) is 0 Å². The molecule has 0 radical (unpaired) electrons. The molecule has 1 fully saturated rings. The maximum atomic E-state index is 14.3. The van der Waals surface area contributed by atoms with Crippen molar-refractivity contribution in [1.29, 1.82) is 0 Å². The van der Waals surface area contributed by atoms with E-state index >= 15 is 0 Å². The van der Waals surface area contributed by atoms with Gasteiger partial charge in [-0.1, -0.05) is 66.0 Å². The number of nitrogens with one attached hydrogen (secondary N) is 1. The first-order chi connectivity index (χ1) is 18.3. The van der Waals surface area contributed by atoms with Gasteiger partial charge in [0.15, 0.2) is 0 Å². The molecule has 1 aromatic heterocycles. The number of fused-ring (bicyclic) bond motifs is 3. The van der Waals surface area contributed by atoms with Crippen molar-refractivity contribution >= 4 is 34.8 Å². The number of amides is 1. The van der Waals surface area contributed by atoms with Crippen molar-refractivity contribution in [3.8, 4) is 28.1 Å². The van der Waals surface area contributed by atoms with Crippen LogP contribution in [-0.4, -0.2) is 34.2 Å². The summed E-state index contributed by atoms with van der Waals surface area (Å²) in [7, 11) is 0. The number of halogens is 2. The van der Waals surface area contributed by atoms with Crippen molar-refractivity contribution in [1.82, 2.24) is 15.2 Å². The van der Waals surface area contributed by atoms with E-state index in [0.717, 1.165) is 66.0 Å². The lowest BCUT2D eigenvalue weighted by Gasteiger charge is -2.38. The third-order valence-electron chi connectivity index (χ3n) is 7.24. The summed E-state index contributed by atoms with van der Waals surface area (Å²) >= 11 is 12.8. The van der Waals surface area contributed by atoms with Crippen LogP contribution in [0.3, 0.4) is 0 Å². The van der Waals surface area contributed by atoms with Gasteiger partial charge in [-0.15, -0.1) is 0 Å². The molecule has 8 heteroatoms. The summed E-state index contributed by atoms with van der Waals surface area (Å²) in [5.41, 5.74) is 4.65. The number of carbonyl (C=O) groups excluding carboxylic acids is 1. The van der Waals surface area contributed by atoms with Gasteiger partial charge in [0, 0.05) is 23.7 Å². The molecule has 1 N–H and O–H groups in total. The number of carbonyl (C=O) groups is 1. The molecule has 0 unspecified atom stereocenters. The topological polar surface area (TPSA) is 61.5 Å². The molecule has 0 bridgehead atoms. The molecular formula is C30H28Cl2N4O2. The van der Waals surface area contributed by atoms with E-state index in [1.807, 2.05) is 44.2 Å². The van der Waals surface area contributed by atoms with E-state index in [1.54, 1.807) is 23.2 Å². The van der Waals surface area contributed by atoms with Gasteiger partial charge in [-0.25, -0.2) is 10.0 Å². The highest BCUT2D eigenvalue weighted by Crippen LogP contribution is 2.47. The minimum atomic E-state index is -0.799. The van der Waals surface area contributed by atoms with Gasteiger partial charge in [0.2, 0.25) is 0 Å². The van der Waals surface area contributed by atoms with Crippen molar-refractivity contribution in [2.45, 2.75) is 38.7 Å². The number of nitrogens with zero attached hydrogens (tertiary/aromatic N) is 3. The van der Waals surface area contributed by atoms with Gasteiger partial charge in [0.25, 0.3) is 5.91 Å². The maximum absolute atomic E-state index is 14.3. The molecule has 1 saturated heterocycles. The third kappa shape index (κ3) is 4.37. The number of benzene rings is 3. The summed E-state index contributed by atoms with van der Waals surface area (Å²) in [6.45, 7) is 5.45. The Morgan fingerprint density at radius 3 is 2.47 bits per heavy atom. The minimum Gasteiger partial charge on any atom is -0.482 e. The number of hydrogen-bond donors (Lipinski definition) is 1. The van der Waals surface area contributed by atoms with Crippen LogP contribution in [0.25, 0.3) is 22.4 Å². The largest absolute Gasteiger partial charge is 0.482 e. The number of H-pyrrole nitrogens is 1. The molecule has 2 aliphatic rings. The summed E-state index contributed by atoms with van der Waals surface area (Å²) in [6, 6.07) is 21.5. The fraction of sp³-hybridized carbons (Fsp3) is 0.267. The first-order valence-electron chi connectivity index (χ1n) is 12.9. The van der Waals surface area contributed by atoms with E-state index in [2.05, 4.69) is 33.4 Å². The average Bonchev–Trinajstić information content (AvgIpc) is 3.38. The number of rotatable bonds is 4. The lowest BCUT2D eigenvalue weighted by Crippen LogP contribution is -2.50. The second-order valence-electron chi connectivity index (χ2n) is 10.2. The quantitative estimate of drug-likeness (QED) is 0.284. The second kappa shape index (κ2) is 9.77. The van der Waals surface area contributed by atoms with E-state index in [-0.39, 0.29) is 5.91 Å². The van der Waals surface area contributed by atoms with Crippen molar-refractivity contribution in [3.05, 3.63) is 88.0 Å². The molecule has 3 aromatic carbocycles. The Morgan fingerprint density at radius 2 is 1.74 bits per heavy atom. The molecule has 6 nitrogen and oxygen atoms in total. The van der Waals surface area contributed by atoms with Crippen LogP contribution < -0.4 is 9.75 Å². The number of hydrogen-bond acceptors (Lipinski definition) is 4. The average molecular weight is 547 g/mol. The number of anilines is 1. The zero-order valence-electron chi connectivity index (χ0n) is 21.3. The summed E-state index contributed by atoms with van der Waals surface area (Å²) in [5, 5.41) is 12.4. The fourth-order valence-electron chi connectivity index (χ4n) is 5.44. The van der Waals surface area contributed by atoms with E-state index in [9.17, 15) is 4.79 Å². The van der Waals surface area contributed by atoms with Crippen LogP contribution in [0.2, 0.25) is 10.0 Å². The summed E-state index contributed by atoms with van der Waals surface area (Å²) < 4.78 is 6.54. The van der Waals surface area contributed by atoms with Crippen molar-refractivity contribution in [2.75, 3.05) is 18.1 Å². The van der Waals surface area contributed by atoms with E-state index in [1.165, 1.54) is 0 Å². The summed E-state index contributed by atoms with van der Waals surface area (Å²) in [5.74, 6) is 0.508. The van der Waals surface area contributed by atoms with E-state index in [0.29, 0.717) is 21.4 Å². The van der Waals surface area contributed by atoms with Crippen LogP contribution in [0.5, 0.6) is 5.75 Å². The molecule has 0 saturated carbocycles. The van der Waals surface area contributed by atoms with Crippen molar-refractivity contribution in [2.24, 2.45) is 0 Å². The Bertz CT molecular complexity index is 1510. The zero-order valence-corrected chi connectivity index (χ0v) is 22.8. The Hall–Kier alpha value is -3.32. The van der Waals surface area contributed by atoms with E-state index < -0.39 is 5.60 Å². The standard InChI is InChI=1S/C30H28Cl2N4O2/c1-30(2)26-27(22-13-11-20(17-25(22)38-30)19-9-5-3-6-10-19)33-34-28(26)29(37)36(35-15-7-4-8-16-35)24-14-12-21(31)18-23(24)32/h3,5-6,9-14,17-18H,4,7-8,15-16H2,1-2H3,(H,33,34). The summed E-state index contributed by atoms with van der Waals surface area (Å²) in [6.07, 6.45) is 3.14. The Morgan fingerprint density at radius 1 is 0.974 bits per heavy atom. The van der Waals surface area contributed by atoms with Gasteiger partial charge < -0.3 is 4.74 Å². The number of piperidine rings is 1. The molecule has 0 aliphatic carbocycles. The first-order valence-corrected chi connectivity index (χ1v) is 13.6. The zero-order chi connectivity index (χ0) is 26.4. The number of ether oxygens (including phenoxy) is 1. The molecule has 0 atom stereocenters. The molecule has 3 heterocycles. The molecule has 194 valence electrons. The van der Waals surface area contributed by atoms with Gasteiger partial charge in [-0.05, 0) is 68.1 Å². The summed E-state index contributed by atoms with van der Waals surface area (Å²) in [4.78, 5) is 14.3. The van der Waals surface area contributed by atoms with E-state index in [4.69, 9.17) is 27.9 Å². The highest BCUT2D eigenvalue weighted by atomic mass is 35.5.